The van der Waals surface area contributed by atoms with Crippen molar-refractivity contribution >= 4 is 6.03 Å². The number of nitrogens with one attached hydrogen (secondary N) is 1. The lowest BCUT2D eigenvalue weighted by molar-refractivity contribution is 0.103. The highest BCUT2D eigenvalue weighted by molar-refractivity contribution is 5.74. The Morgan fingerprint density at radius 3 is 2.50 bits per heavy atom. The molecule has 3 rings (SSSR count). The fraction of sp³-hybridized carbons (Fsp3) is 0.389. The third-order valence-corrected chi connectivity index (χ3v) is 4.20. The normalized spacial score (nSPS) is 14.8. The minimum Gasteiger partial charge on any atom is -0.494 e. The van der Waals surface area contributed by atoms with Gasteiger partial charge in [-0.05, 0) is 17.7 Å². The van der Waals surface area contributed by atoms with Crippen LogP contribution in [0, 0.1) is 5.82 Å². The third-order valence-electron chi connectivity index (χ3n) is 4.20. The number of aromatic nitrogens is 2. The predicted molar refractivity (Wildman–Crippen MR) is 92.4 cm³/mol. The molecule has 0 spiro atoms. The van der Waals surface area contributed by atoms with E-state index in [0.29, 0.717) is 44.2 Å². The van der Waals surface area contributed by atoms with Crippen molar-refractivity contribution in [1.82, 2.24) is 20.2 Å². The number of carbonyl (C=O) groups is 1. The molecule has 2 amide bonds. The molecule has 0 unspecified atom stereocenters. The number of halogens is 1. The number of methoxy groups -OCH3 is 1. The largest absolute Gasteiger partial charge is 0.494 e. The summed E-state index contributed by atoms with van der Waals surface area (Å²) in [6.07, 6.45) is 4.50. The molecule has 0 aliphatic carbocycles. The van der Waals surface area contributed by atoms with Gasteiger partial charge in [0.15, 0.2) is 5.75 Å². The number of hydrogen-bond donors (Lipinski definition) is 1. The van der Waals surface area contributed by atoms with Crippen LogP contribution < -0.4 is 14.8 Å². The molecule has 1 fully saturated rings. The highest BCUT2D eigenvalue weighted by Gasteiger charge is 2.24. The Bertz CT molecular complexity index is 716. The zero-order valence-corrected chi connectivity index (χ0v) is 14.5. The van der Waals surface area contributed by atoms with Gasteiger partial charge in [-0.15, -0.1) is 0 Å². The Morgan fingerprint density at radius 2 is 1.88 bits per heavy atom. The van der Waals surface area contributed by atoms with Crippen molar-refractivity contribution in [3.63, 3.8) is 0 Å². The van der Waals surface area contributed by atoms with Crippen LogP contribution in [-0.2, 0) is 6.54 Å². The first-order valence-electron chi connectivity index (χ1n) is 8.44. The molecule has 1 aliphatic rings. The van der Waals surface area contributed by atoms with E-state index in [2.05, 4.69) is 15.3 Å². The Labute approximate surface area is 151 Å². The predicted octanol–water partition coefficient (Wildman–Crippen LogP) is 2.38. The number of rotatable bonds is 5. The fourth-order valence-corrected chi connectivity index (χ4v) is 2.69. The van der Waals surface area contributed by atoms with Crippen LogP contribution in [-0.4, -0.2) is 47.2 Å². The second-order valence-corrected chi connectivity index (χ2v) is 5.99. The molecular formula is C18H21FN4O3. The van der Waals surface area contributed by atoms with Gasteiger partial charge < -0.3 is 19.7 Å². The van der Waals surface area contributed by atoms with Gasteiger partial charge in [0.05, 0.1) is 19.5 Å². The smallest absolute Gasteiger partial charge is 0.317 e. The van der Waals surface area contributed by atoms with Gasteiger partial charge >= 0.3 is 12.0 Å². The summed E-state index contributed by atoms with van der Waals surface area (Å²) in [7, 11) is 1.55. The van der Waals surface area contributed by atoms with Gasteiger partial charge in [-0.2, -0.15) is 9.97 Å². The number of carbonyl (C=O) groups excluding carboxylic acids is 1. The Balaban J connectivity index is 1.42. The number of hydrogen-bond acceptors (Lipinski definition) is 5. The molecule has 8 heteroatoms. The second-order valence-electron chi connectivity index (χ2n) is 5.99. The molecule has 0 bridgehead atoms. The highest BCUT2D eigenvalue weighted by Crippen LogP contribution is 2.17. The second kappa shape index (κ2) is 8.46. The Kier molecular flexibility index (Phi) is 5.83. The van der Waals surface area contributed by atoms with E-state index in [0.717, 1.165) is 5.56 Å². The van der Waals surface area contributed by atoms with Gasteiger partial charge in [0.2, 0.25) is 0 Å². The van der Waals surface area contributed by atoms with E-state index in [1.807, 2.05) is 0 Å². The molecule has 0 atom stereocenters. The van der Waals surface area contributed by atoms with Crippen LogP contribution in [0.4, 0.5) is 9.18 Å². The van der Waals surface area contributed by atoms with Crippen LogP contribution in [0.5, 0.6) is 11.8 Å². The number of amides is 2. The Hall–Kier alpha value is -2.90. The topological polar surface area (TPSA) is 76.6 Å². The summed E-state index contributed by atoms with van der Waals surface area (Å²) >= 11 is 0. The number of urea groups is 1. The molecule has 0 radical (unpaired) electrons. The molecule has 2 aromatic rings. The van der Waals surface area contributed by atoms with Gasteiger partial charge in [-0.3, -0.25) is 0 Å². The summed E-state index contributed by atoms with van der Waals surface area (Å²) in [5, 5.41) is 2.85. The zero-order valence-electron chi connectivity index (χ0n) is 14.5. The summed E-state index contributed by atoms with van der Waals surface area (Å²) in [5.74, 6) is 0.285. The number of benzene rings is 1. The van der Waals surface area contributed by atoms with E-state index in [1.165, 1.54) is 12.1 Å². The molecule has 1 aliphatic heterocycles. The van der Waals surface area contributed by atoms with E-state index in [-0.39, 0.29) is 18.0 Å². The molecule has 0 saturated carbocycles. The minimum atomic E-state index is -0.289. The number of likely N-dealkylation sites (tertiary alicyclic amines) is 1. The minimum absolute atomic E-state index is 0.0236. The molecule has 2 heterocycles. The molecule has 26 heavy (non-hydrogen) atoms. The van der Waals surface area contributed by atoms with Gasteiger partial charge in [0, 0.05) is 32.5 Å². The van der Waals surface area contributed by atoms with Crippen molar-refractivity contribution in [1.29, 1.82) is 0 Å². The molecule has 1 saturated heterocycles. The van der Waals surface area contributed by atoms with E-state index < -0.39 is 0 Å². The maximum Gasteiger partial charge on any atom is 0.317 e. The summed E-state index contributed by atoms with van der Waals surface area (Å²) in [6.45, 7) is 1.56. The Morgan fingerprint density at radius 1 is 1.23 bits per heavy atom. The summed E-state index contributed by atoms with van der Waals surface area (Å²) in [5.41, 5.74) is 0.856. The highest BCUT2D eigenvalue weighted by atomic mass is 19.1. The summed E-state index contributed by atoms with van der Waals surface area (Å²) in [4.78, 5) is 22.2. The summed E-state index contributed by atoms with van der Waals surface area (Å²) < 4.78 is 23.6. The number of nitrogens with zero attached hydrogens (tertiary/aromatic N) is 3. The van der Waals surface area contributed by atoms with Crippen LogP contribution in [0.15, 0.2) is 36.7 Å². The van der Waals surface area contributed by atoms with E-state index in [1.54, 1.807) is 36.5 Å². The van der Waals surface area contributed by atoms with E-state index in [9.17, 15) is 9.18 Å². The SMILES string of the molecule is COc1cnc(OC2CCN(C(=O)NCc3ccc(F)cc3)CC2)nc1. The number of ether oxygens (including phenoxy) is 2. The van der Waals surface area contributed by atoms with E-state index >= 15 is 0 Å². The van der Waals surface area contributed by atoms with Crippen LogP contribution in [0.3, 0.4) is 0 Å². The van der Waals surface area contributed by atoms with Crippen molar-refractivity contribution < 1.29 is 18.7 Å². The first-order valence-corrected chi connectivity index (χ1v) is 8.44. The molecular weight excluding hydrogens is 339 g/mol. The van der Waals surface area contributed by atoms with Gasteiger partial charge in [0.25, 0.3) is 0 Å². The summed E-state index contributed by atoms with van der Waals surface area (Å²) in [6, 6.07) is 6.25. The van der Waals surface area contributed by atoms with Crippen molar-refractivity contribution in [2.45, 2.75) is 25.5 Å². The molecule has 1 aromatic carbocycles. The van der Waals surface area contributed by atoms with Crippen LogP contribution in [0.25, 0.3) is 0 Å². The first kappa shape index (κ1) is 17.9. The zero-order chi connectivity index (χ0) is 18.4. The van der Waals surface area contributed by atoms with Crippen LogP contribution in [0.2, 0.25) is 0 Å². The number of piperidine rings is 1. The lowest BCUT2D eigenvalue weighted by atomic mass is 10.1. The molecule has 1 N–H and O–H groups in total. The van der Waals surface area contributed by atoms with Crippen molar-refractivity contribution in [3.05, 3.63) is 48.0 Å². The lowest BCUT2D eigenvalue weighted by Gasteiger charge is -2.31. The standard InChI is InChI=1S/C18H21FN4O3/c1-25-16-11-20-17(21-12-16)26-15-6-8-23(9-7-15)18(24)22-10-13-2-4-14(19)5-3-13/h2-5,11-12,15H,6-10H2,1H3,(H,22,24). The van der Waals surface area contributed by atoms with Crippen molar-refractivity contribution in [2.24, 2.45) is 0 Å². The quantitative estimate of drug-likeness (QED) is 0.886. The third kappa shape index (κ3) is 4.81. The first-order chi connectivity index (χ1) is 12.6. The monoisotopic (exact) mass is 360 g/mol. The van der Waals surface area contributed by atoms with Crippen molar-refractivity contribution in [3.8, 4) is 11.8 Å². The maximum atomic E-state index is 12.9. The molecule has 138 valence electrons. The van der Waals surface area contributed by atoms with Gasteiger partial charge in [0.1, 0.15) is 11.9 Å². The van der Waals surface area contributed by atoms with Gasteiger partial charge in [-0.1, -0.05) is 12.1 Å². The van der Waals surface area contributed by atoms with Crippen LogP contribution in [0.1, 0.15) is 18.4 Å². The lowest BCUT2D eigenvalue weighted by Crippen LogP contribution is -2.46. The van der Waals surface area contributed by atoms with Crippen LogP contribution >= 0.6 is 0 Å². The average Bonchev–Trinajstić information content (AvgIpc) is 2.68. The maximum absolute atomic E-state index is 12.9. The molecule has 1 aromatic heterocycles. The van der Waals surface area contributed by atoms with Gasteiger partial charge in [-0.25, -0.2) is 9.18 Å². The van der Waals surface area contributed by atoms with E-state index in [4.69, 9.17) is 9.47 Å². The fourth-order valence-electron chi connectivity index (χ4n) is 2.69. The molecule has 7 nitrogen and oxygen atoms in total. The average molecular weight is 360 g/mol. The van der Waals surface area contributed by atoms with Crippen molar-refractivity contribution in [2.75, 3.05) is 20.2 Å².